The minimum absolute atomic E-state index is 0.00681. The van der Waals surface area contributed by atoms with Crippen LogP contribution >= 0.6 is 0 Å². The second-order valence-electron chi connectivity index (χ2n) is 5.93. The molecule has 1 aliphatic rings. The van der Waals surface area contributed by atoms with Crippen molar-refractivity contribution in [1.82, 2.24) is 9.80 Å². The van der Waals surface area contributed by atoms with Gasteiger partial charge in [0.2, 0.25) is 0 Å². The zero-order chi connectivity index (χ0) is 18.4. The molecule has 0 aromatic heterocycles. The number of rotatable bonds is 5. The summed E-state index contributed by atoms with van der Waals surface area (Å²) in [6, 6.07) is 17.2. The van der Waals surface area contributed by atoms with Crippen LogP contribution in [0.25, 0.3) is 6.08 Å². The van der Waals surface area contributed by atoms with Gasteiger partial charge in [-0.2, -0.15) is 0 Å². The Labute approximate surface area is 152 Å². The Balaban J connectivity index is 1.56. The van der Waals surface area contributed by atoms with Gasteiger partial charge in [-0.05, 0) is 29.3 Å². The monoisotopic (exact) mass is 348 g/mol. The van der Waals surface area contributed by atoms with Gasteiger partial charge in [-0.1, -0.05) is 42.5 Å². The third-order valence-electron chi connectivity index (χ3n) is 4.05. The van der Waals surface area contributed by atoms with E-state index in [0.717, 1.165) is 11.1 Å². The molecule has 2 aromatic carbocycles. The number of benzene rings is 2. The quantitative estimate of drug-likeness (QED) is 0.615. The van der Waals surface area contributed by atoms with Gasteiger partial charge >= 0.3 is 5.97 Å². The van der Waals surface area contributed by atoms with Gasteiger partial charge in [0.1, 0.15) is 0 Å². The number of hydrogen-bond donors (Lipinski definition) is 0. The van der Waals surface area contributed by atoms with Crippen molar-refractivity contribution in [2.24, 2.45) is 0 Å². The second kappa shape index (κ2) is 8.16. The number of amides is 1. The lowest BCUT2D eigenvalue weighted by Gasteiger charge is -2.20. The molecule has 5 nitrogen and oxygen atoms in total. The first-order valence-electron chi connectivity index (χ1n) is 8.29. The summed E-state index contributed by atoms with van der Waals surface area (Å²) in [4.78, 5) is 27.3. The molecule has 2 aromatic rings. The molecule has 5 heteroatoms. The average Bonchev–Trinajstić information content (AvgIpc) is 3.15. The number of carbonyl (C=O) groups is 2. The molecule has 0 radical (unpaired) electrons. The molecule has 0 atom stereocenters. The van der Waals surface area contributed by atoms with Gasteiger partial charge in [0.05, 0.1) is 13.8 Å². The summed E-state index contributed by atoms with van der Waals surface area (Å²) in [5.74, 6) is -0.382. The first-order valence-corrected chi connectivity index (χ1v) is 8.29. The van der Waals surface area contributed by atoms with E-state index in [9.17, 15) is 9.59 Å². The maximum Gasteiger partial charge on any atom is 0.330 e. The van der Waals surface area contributed by atoms with E-state index >= 15 is 0 Å². The van der Waals surface area contributed by atoms with Crippen molar-refractivity contribution < 1.29 is 14.3 Å². The largest absolute Gasteiger partial charge is 0.466 e. The van der Waals surface area contributed by atoms with Crippen LogP contribution < -0.4 is 0 Å². The molecule has 0 fully saturated rings. The van der Waals surface area contributed by atoms with Gasteiger partial charge in [0.25, 0.3) is 5.91 Å². The number of esters is 1. The van der Waals surface area contributed by atoms with Crippen LogP contribution in [0, 0.1) is 0 Å². The molecular formula is C21H20N2O3. The molecule has 0 saturated carbocycles. The van der Waals surface area contributed by atoms with E-state index in [2.05, 4.69) is 9.64 Å². The summed E-state index contributed by atoms with van der Waals surface area (Å²) >= 11 is 0. The van der Waals surface area contributed by atoms with Crippen molar-refractivity contribution in [3.63, 3.8) is 0 Å². The predicted molar refractivity (Wildman–Crippen MR) is 99.7 cm³/mol. The Morgan fingerprint density at radius 2 is 1.77 bits per heavy atom. The van der Waals surface area contributed by atoms with Gasteiger partial charge in [-0.25, -0.2) is 4.79 Å². The van der Waals surface area contributed by atoms with Crippen LogP contribution in [0.3, 0.4) is 0 Å². The molecule has 0 bridgehead atoms. The van der Waals surface area contributed by atoms with Crippen LogP contribution in [0.2, 0.25) is 0 Å². The first-order chi connectivity index (χ1) is 12.7. The summed E-state index contributed by atoms with van der Waals surface area (Å²) < 4.78 is 4.57. The highest BCUT2D eigenvalue weighted by molar-refractivity contribution is 5.95. The number of hydrogen-bond acceptors (Lipinski definition) is 4. The van der Waals surface area contributed by atoms with Gasteiger partial charge < -0.3 is 9.64 Å². The smallest absolute Gasteiger partial charge is 0.330 e. The number of ether oxygens (including phenoxy) is 1. The Morgan fingerprint density at radius 1 is 1.04 bits per heavy atom. The molecule has 0 saturated heterocycles. The topological polar surface area (TPSA) is 49.9 Å². The molecule has 0 aliphatic carbocycles. The number of methoxy groups -OCH3 is 1. The number of carbonyl (C=O) groups excluding carboxylic acids is 2. The standard InChI is InChI=1S/C21H20N2O3/c1-26-20(24)12-11-17-7-9-18(10-8-17)15-22-13-14-23(16-22)21(25)19-5-3-2-4-6-19/h2-14H,15-16H2,1H3. The van der Waals surface area contributed by atoms with Gasteiger partial charge in [0.15, 0.2) is 0 Å². The fourth-order valence-corrected chi connectivity index (χ4v) is 2.65. The lowest BCUT2D eigenvalue weighted by Crippen LogP contribution is -2.30. The highest BCUT2D eigenvalue weighted by Gasteiger charge is 2.19. The highest BCUT2D eigenvalue weighted by atomic mass is 16.5. The van der Waals surface area contributed by atoms with E-state index in [4.69, 9.17) is 0 Å². The second-order valence-corrected chi connectivity index (χ2v) is 5.93. The lowest BCUT2D eigenvalue weighted by molar-refractivity contribution is -0.134. The van der Waals surface area contributed by atoms with Crippen molar-refractivity contribution in [3.8, 4) is 0 Å². The van der Waals surface area contributed by atoms with Gasteiger partial charge in [-0.3, -0.25) is 9.69 Å². The van der Waals surface area contributed by atoms with Crippen LogP contribution in [-0.4, -0.2) is 35.5 Å². The van der Waals surface area contributed by atoms with Crippen LogP contribution in [0.5, 0.6) is 0 Å². The summed E-state index contributed by atoms with van der Waals surface area (Å²) in [6.45, 7) is 1.23. The van der Waals surface area contributed by atoms with E-state index in [0.29, 0.717) is 18.8 Å². The van der Waals surface area contributed by atoms with Gasteiger partial charge in [-0.15, -0.1) is 0 Å². The Bertz CT molecular complexity index is 826. The molecule has 0 spiro atoms. The minimum Gasteiger partial charge on any atom is -0.466 e. The molecule has 1 aliphatic heterocycles. The van der Waals surface area contributed by atoms with Crippen molar-refractivity contribution in [2.45, 2.75) is 6.54 Å². The van der Waals surface area contributed by atoms with Crippen molar-refractivity contribution in [1.29, 1.82) is 0 Å². The normalized spacial score (nSPS) is 13.4. The fraction of sp³-hybridized carbons (Fsp3) is 0.143. The van der Waals surface area contributed by atoms with Crippen LogP contribution in [-0.2, 0) is 16.1 Å². The van der Waals surface area contributed by atoms with Crippen molar-refractivity contribution in [3.05, 3.63) is 89.8 Å². The molecule has 26 heavy (non-hydrogen) atoms. The number of nitrogens with zero attached hydrogens (tertiary/aromatic N) is 2. The molecule has 3 rings (SSSR count). The summed E-state index contributed by atoms with van der Waals surface area (Å²) in [5, 5.41) is 0. The summed E-state index contributed by atoms with van der Waals surface area (Å²) in [7, 11) is 1.35. The van der Waals surface area contributed by atoms with E-state index in [1.807, 2.05) is 67.0 Å². The summed E-state index contributed by atoms with van der Waals surface area (Å²) in [5.41, 5.74) is 2.73. The van der Waals surface area contributed by atoms with E-state index in [-0.39, 0.29) is 11.9 Å². The fourth-order valence-electron chi connectivity index (χ4n) is 2.65. The average molecular weight is 348 g/mol. The van der Waals surface area contributed by atoms with E-state index in [1.54, 1.807) is 11.0 Å². The Kier molecular flexibility index (Phi) is 5.49. The van der Waals surface area contributed by atoms with Crippen LogP contribution in [0.1, 0.15) is 21.5 Å². The van der Waals surface area contributed by atoms with Crippen molar-refractivity contribution in [2.75, 3.05) is 13.8 Å². The van der Waals surface area contributed by atoms with E-state index in [1.165, 1.54) is 13.2 Å². The maximum atomic E-state index is 12.4. The van der Waals surface area contributed by atoms with Crippen LogP contribution in [0.4, 0.5) is 0 Å². The third-order valence-corrected chi connectivity index (χ3v) is 4.05. The van der Waals surface area contributed by atoms with Crippen LogP contribution in [0.15, 0.2) is 73.1 Å². The first kappa shape index (κ1) is 17.5. The molecule has 0 N–H and O–H groups in total. The lowest BCUT2D eigenvalue weighted by atomic mass is 10.1. The minimum atomic E-state index is -0.376. The van der Waals surface area contributed by atoms with Crippen molar-refractivity contribution >= 4 is 18.0 Å². The Morgan fingerprint density at radius 3 is 2.46 bits per heavy atom. The summed E-state index contributed by atoms with van der Waals surface area (Å²) in [6.07, 6.45) is 6.84. The van der Waals surface area contributed by atoms with Gasteiger partial charge in [0, 0.05) is 30.6 Å². The zero-order valence-corrected chi connectivity index (χ0v) is 14.5. The molecule has 132 valence electrons. The molecule has 1 heterocycles. The highest BCUT2D eigenvalue weighted by Crippen LogP contribution is 2.16. The molecule has 0 unspecified atom stereocenters. The molecule has 1 amide bonds. The SMILES string of the molecule is COC(=O)C=Cc1ccc(CN2C=CN(C(=O)c3ccccc3)C2)cc1. The van der Waals surface area contributed by atoms with E-state index < -0.39 is 0 Å². The maximum absolute atomic E-state index is 12.4. The Hall–Kier alpha value is -3.34. The molecular weight excluding hydrogens is 328 g/mol. The third kappa shape index (κ3) is 4.39. The predicted octanol–water partition coefficient (Wildman–Crippen LogP) is 3.26. The zero-order valence-electron chi connectivity index (χ0n) is 14.5.